The highest BCUT2D eigenvalue weighted by Crippen LogP contribution is 2.20. The summed E-state index contributed by atoms with van der Waals surface area (Å²) in [5.41, 5.74) is 2.61. The van der Waals surface area contributed by atoms with Crippen molar-refractivity contribution in [3.63, 3.8) is 0 Å². The van der Waals surface area contributed by atoms with Crippen molar-refractivity contribution >= 4 is 28.7 Å². The van der Waals surface area contributed by atoms with E-state index >= 15 is 0 Å². The molecule has 0 atom stereocenters. The van der Waals surface area contributed by atoms with Gasteiger partial charge in [-0.2, -0.15) is 0 Å². The maximum Gasteiger partial charge on any atom is 0.0754 e. The maximum atomic E-state index is 4.49. The van der Waals surface area contributed by atoms with E-state index < -0.39 is 0 Å². The molecule has 0 aromatic carbocycles. The third kappa shape index (κ3) is 1.96. The van der Waals surface area contributed by atoms with Gasteiger partial charge in [-0.15, -0.1) is 11.3 Å². The molecule has 0 unspecified atom stereocenters. The molecule has 3 heteroatoms. The smallest absolute Gasteiger partial charge is 0.0754 e. The highest BCUT2D eigenvalue weighted by Gasteiger charge is 2.01. The first kappa shape index (κ1) is 8.60. The van der Waals surface area contributed by atoms with Gasteiger partial charge in [-0.3, -0.25) is 0 Å². The Morgan fingerprint density at radius 2 is 2.36 bits per heavy atom. The number of thiophene rings is 1. The van der Waals surface area contributed by atoms with E-state index in [-0.39, 0.29) is 0 Å². The van der Waals surface area contributed by atoms with Crippen molar-refractivity contribution in [3.05, 3.63) is 21.4 Å². The number of aryl methyl sites for hydroxylation is 1. The van der Waals surface area contributed by atoms with E-state index in [0.29, 0.717) is 6.54 Å². The molecule has 1 rings (SSSR count). The fourth-order valence-corrected chi connectivity index (χ4v) is 1.78. The van der Waals surface area contributed by atoms with E-state index in [1.54, 1.807) is 11.3 Å². The Labute approximate surface area is 75.8 Å². The molecular formula is C8H9NS2. The van der Waals surface area contributed by atoms with Gasteiger partial charge in [-0.05, 0) is 42.6 Å². The third-order valence-corrected chi connectivity index (χ3v) is 2.89. The van der Waals surface area contributed by atoms with Gasteiger partial charge in [0.25, 0.3) is 0 Å². The van der Waals surface area contributed by atoms with Crippen LogP contribution in [0.3, 0.4) is 0 Å². The number of isothiocyanates is 1. The molecule has 1 heterocycles. The molecule has 0 amide bonds. The summed E-state index contributed by atoms with van der Waals surface area (Å²) >= 11 is 6.25. The highest BCUT2D eigenvalue weighted by molar-refractivity contribution is 7.78. The van der Waals surface area contributed by atoms with E-state index in [0.717, 1.165) is 0 Å². The Morgan fingerprint density at radius 1 is 1.64 bits per heavy atom. The van der Waals surface area contributed by atoms with Crippen LogP contribution < -0.4 is 0 Å². The first-order valence-corrected chi connectivity index (χ1v) is 4.61. The molecule has 0 aliphatic rings. The van der Waals surface area contributed by atoms with Crippen LogP contribution in [0.25, 0.3) is 0 Å². The second-order valence-electron chi connectivity index (χ2n) is 2.35. The molecule has 0 aliphatic carbocycles. The van der Waals surface area contributed by atoms with Gasteiger partial charge in [0.2, 0.25) is 0 Å². The molecule has 1 aromatic rings. The Balaban J connectivity index is 2.86. The topological polar surface area (TPSA) is 12.4 Å². The minimum absolute atomic E-state index is 0.680. The number of nitrogens with zero attached hydrogens (tertiary/aromatic N) is 1. The molecule has 58 valence electrons. The molecule has 0 fully saturated rings. The standard InChI is InChI=1S/C8H9NS2/c1-6-7(2)11-4-8(6)3-9-5-10/h4H,3H2,1-2H3. The van der Waals surface area contributed by atoms with Gasteiger partial charge in [0.15, 0.2) is 0 Å². The summed E-state index contributed by atoms with van der Waals surface area (Å²) in [4.78, 5) is 5.25. The number of hydrogen-bond donors (Lipinski definition) is 0. The molecular weight excluding hydrogens is 174 g/mol. The van der Waals surface area contributed by atoms with Crippen LogP contribution in [0.5, 0.6) is 0 Å². The van der Waals surface area contributed by atoms with Crippen LogP contribution in [0.15, 0.2) is 10.4 Å². The summed E-state index contributed by atoms with van der Waals surface area (Å²) in [6.45, 7) is 4.91. The van der Waals surface area contributed by atoms with E-state index in [1.165, 1.54) is 16.0 Å². The first-order chi connectivity index (χ1) is 5.25. The average Bonchev–Trinajstić information content (AvgIpc) is 2.31. The molecule has 0 spiro atoms. The fourth-order valence-electron chi connectivity index (χ4n) is 0.836. The van der Waals surface area contributed by atoms with Crippen LogP contribution in [0.1, 0.15) is 16.0 Å². The summed E-state index contributed by atoms with van der Waals surface area (Å²) in [6.07, 6.45) is 0. The maximum absolute atomic E-state index is 4.49. The van der Waals surface area contributed by atoms with Crippen molar-refractivity contribution in [1.82, 2.24) is 0 Å². The van der Waals surface area contributed by atoms with Crippen LogP contribution in [-0.2, 0) is 6.54 Å². The SMILES string of the molecule is Cc1scc(CN=C=S)c1C. The molecule has 0 aliphatic heterocycles. The summed E-state index contributed by atoms with van der Waals surface area (Å²) < 4.78 is 0. The summed E-state index contributed by atoms with van der Waals surface area (Å²) in [7, 11) is 0. The van der Waals surface area contributed by atoms with Gasteiger partial charge in [0.05, 0.1) is 11.7 Å². The van der Waals surface area contributed by atoms with Crippen LogP contribution in [0, 0.1) is 13.8 Å². The molecule has 0 saturated carbocycles. The number of aliphatic imine (C=N–C) groups is 1. The molecule has 11 heavy (non-hydrogen) atoms. The lowest BCUT2D eigenvalue weighted by Crippen LogP contribution is -1.80. The largest absolute Gasteiger partial charge is 0.228 e. The Bertz CT molecular complexity index is 295. The van der Waals surface area contributed by atoms with Gasteiger partial charge < -0.3 is 0 Å². The minimum Gasteiger partial charge on any atom is -0.228 e. The van der Waals surface area contributed by atoms with Crippen molar-refractivity contribution in [2.45, 2.75) is 20.4 Å². The monoisotopic (exact) mass is 183 g/mol. The molecule has 0 saturated heterocycles. The van der Waals surface area contributed by atoms with Crippen molar-refractivity contribution in [2.24, 2.45) is 4.99 Å². The van der Waals surface area contributed by atoms with Crippen LogP contribution in [0.2, 0.25) is 0 Å². The number of thiocarbonyl (C=S) groups is 1. The van der Waals surface area contributed by atoms with Gasteiger partial charge >= 0.3 is 0 Å². The second kappa shape index (κ2) is 3.77. The minimum atomic E-state index is 0.680. The van der Waals surface area contributed by atoms with Gasteiger partial charge in [-0.25, -0.2) is 4.99 Å². The average molecular weight is 183 g/mol. The Kier molecular flexibility index (Phi) is 2.94. The van der Waals surface area contributed by atoms with E-state index in [9.17, 15) is 0 Å². The molecule has 0 N–H and O–H groups in total. The van der Waals surface area contributed by atoms with Crippen LogP contribution >= 0.6 is 23.6 Å². The Hall–Kier alpha value is -0.500. The molecule has 0 radical (unpaired) electrons. The summed E-state index contributed by atoms with van der Waals surface area (Å²) in [6, 6.07) is 0. The number of hydrogen-bond acceptors (Lipinski definition) is 3. The van der Waals surface area contributed by atoms with Crippen LogP contribution in [0.4, 0.5) is 0 Å². The normalized spacial score (nSPS) is 9.27. The quantitative estimate of drug-likeness (QED) is 0.507. The van der Waals surface area contributed by atoms with Gasteiger partial charge in [0.1, 0.15) is 0 Å². The Morgan fingerprint density at radius 3 is 2.82 bits per heavy atom. The fraction of sp³-hybridized carbons (Fsp3) is 0.375. The van der Waals surface area contributed by atoms with Gasteiger partial charge in [-0.1, -0.05) is 0 Å². The van der Waals surface area contributed by atoms with Gasteiger partial charge in [0, 0.05) is 4.88 Å². The zero-order valence-corrected chi connectivity index (χ0v) is 8.18. The second-order valence-corrected chi connectivity index (χ2v) is 3.62. The van der Waals surface area contributed by atoms with Crippen molar-refractivity contribution in [1.29, 1.82) is 0 Å². The first-order valence-electron chi connectivity index (χ1n) is 3.33. The van der Waals surface area contributed by atoms with Crippen molar-refractivity contribution < 1.29 is 0 Å². The lowest BCUT2D eigenvalue weighted by Gasteiger charge is -1.92. The summed E-state index contributed by atoms with van der Waals surface area (Å²) in [5, 5.41) is 4.49. The zero-order chi connectivity index (χ0) is 8.27. The molecule has 1 aromatic heterocycles. The van der Waals surface area contributed by atoms with Crippen molar-refractivity contribution in [3.8, 4) is 0 Å². The molecule has 0 bridgehead atoms. The van der Waals surface area contributed by atoms with Crippen molar-refractivity contribution in [2.75, 3.05) is 0 Å². The third-order valence-electron chi connectivity index (χ3n) is 1.70. The highest BCUT2D eigenvalue weighted by atomic mass is 32.1. The lowest BCUT2D eigenvalue weighted by molar-refractivity contribution is 1.07. The van der Waals surface area contributed by atoms with Crippen LogP contribution in [-0.4, -0.2) is 5.16 Å². The molecule has 1 nitrogen and oxygen atoms in total. The van der Waals surface area contributed by atoms with E-state index in [1.807, 2.05) is 0 Å². The van der Waals surface area contributed by atoms with E-state index in [2.05, 4.69) is 41.6 Å². The predicted molar refractivity (Wildman–Crippen MR) is 52.5 cm³/mol. The van der Waals surface area contributed by atoms with E-state index in [4.69, 9.17) is 0 Å². The summed E-state index contributed by atoms with van der Waals surface area (Å²) in [5.74, 6) is 0. The number of rotatable bonds is 2. The lowest BCUT2D eigenvalue weighted by atomic mass is 10.2. The predicted octanol–water partition coefficient (Wildman–Crippen LogP) is 2.97. The zero-order valence-electron chi connectivity index (χ0n) is 6.55.